The summed E-state index contributed by atoms with van der Waals surface area (Å²) in [6.45, 7) is 1.48. The highest BCUT2D eigenvalue weighted by Crippen LogP contribution is 2.22. The Labute approximate surface area is 146 Å². The van der Waals surface area contributed by atoms with Gasteiger partial charge in [-0.25, -0.2) is 4.79 Å². The minimum Gasteiger partial charge on any atom is -0.452 e. The molecule has 2 aliphatic rings. The normalized spacial score (nSPS) is 19.9. The van der Waals surface area contributed by atoms with Gasteiger partial charge in [-0.2, -0.15) is 0 Å². The van der Waals surface area contributed by atoms with Crippen LogP contribution in [-0.4, -0.2) is 50.2 Å². The van der Waals surface area contributed by atoms with Crippen molar-refractivity contribution >= 4 is 23.5 Å². The lowest BCUT2D eigenvalue weighted by atomic mass is 10.2. The van der Waals surface area contributed by atoms with Crippen molar-refractivity contribution in [1.29, 1.82) is 0 Å². The van der Waals surface area contributed by atoms with Gasteiger partial charge in [0, 0.05) is 31.8 Å². The highest BCUT2D eigenvalue weighted by Gasteiger charge is 2.22. The number of nitrogens with one attached hydrogen (secondary N) is 1. The molecule has 2 fully saturated rings. The molecule has 0 bridgehead atoms. The predicted octanol–water partition coefficient (Wildman–Crippen LogP) is 1.27. The van der Waals surface area contributed by atoms with Crippen molar-refractivity contribution in [3.63, 3.8) is 0 Å². The van der Waals surface area contributed by atoms with Crippen LogP contribution in [0.4, 0.5) is 5.69 Å². The number of anilines is 1. The second-order valence-corrected chi connectivity index (χ2v) is 6.21. The lowest BCUT2D eigenvalue weighted by molar-refractivity contribution is -0.124. The van der Waals surface area contributed by atoms with Crippen LogP contribution in [0.5, 0.6) is 0 Å². The Bertz CT molecular complexity index is 655. The quantitative estimate of drug-likeness (QED) is 0.784. The topological polar surface area (TPSA) is 84.9 Å². The van der Waals surface area contributed by atoms with Gasteiger partial charge >= 0.3 is 5.97 Å². The molecule has 0 saturated carbocycles. The van der Waals surface area contributed by atoms with Gasteiger partial charge in [-0.3, -0.25) is 9.59 Å². The van der Waals surface area contributed by atoms with Gasteiger partial charge in [0.15, 0.2) is 6.61 Å². The Hall–Kier alpha value is -2.41. The molecule has 2 amide bonds. The fourth-order valence-corrected chi connectivity index (χ4v) is 3.02. The molecule has 2 heterocycles. The summed E-state index contributed by atoms with van der Waals surface area (Å²) in [6.07, 6.45) is 3.33. The summed E-state index contributed by atoms with van der Waals surface area (Å²) in [5.41, 5.74) is 1.00. The average Bonchev–Trinajstić information content (AvgIpc) is 3.29. The number of amides is 2. The van der Waals surface area contributed by atoms with E-state index in [1.165, 1.54) is 0 Å². The van der Waals surface area contributed by atoms with Gasteiger partial charge in [-0.1, -0.05) is 6.07 Å². The number of rotatable bonds is 6. The van der Waals surface area contributed by atoms with Crippen molar-refractivity contribution in [2.24, 2.45) is 0 Å². The number of hydrogen-bond donors (Lipinski definition) is 1. The summed E-state index contributed by atoms with van der Waals surface area (Å²) in [5.74, 6) is -0.880. The minimum atomic E-state index is -0.583. The molecular weight excluding hydrogens is 324 g/mol. The molecule has 7 nitrogen and oxygen atoms in total. The highest BCUT2D eigenvalue weighted by molar-refractivity contribution is 5.97. The van der Waals surface area contributed by atoms with Crippen LogP contribution in [0.1, 0.15) is 36.0 Å². The van der Waals surface area contributed by atoms with Gasteiger partial charge in [-0.05, 0) is 37.5 Å². The lowest BCUT2D eigenvalue weighted by Crippen LogP contribution is -2.34. The number of esters is 1. The standard InChI is InChI=1S/C18H22N2O5/c21-16(19-11-15-6-3-9-24-15)12-25-18(23)13-4-1-5-14(10-13)20-8-2-7-17(20)22/h1,4-5,10,15H,2-3,6-9,11-12H2,(H,19,21)/t15-/m0/s1. The van der Waals surface area contributed by atoms with Crippen LogP contribution in [-0.2, 0) is 19.1 Å². The number of ether oxygens (including phenoxy) is 2. The van der Waals surface area contributed by atoms with Gasteiger partial charge in [0.05, 0.1) is 11.7 Å². The number of hydrogen-bond acceptors (Lipinski definition) is 5. The summed E-state index contributed by atoms with van der Waals surface area (Å²) >= 11 is 0. The Kier molecular flexibility index (Phi) is 5.65. The predicted molar refractivity (Wildman–Crippen MR) is 90.3 cm³/mol. The molecular formula is C18H22N2O5. The molecule has 1 atom stereocenters. The molecule has 0 unspecified atom stereocenters. The maximum atomic E-state index is 12.1. The monoisotopic (exact) mass is 346 g/mol. The number of benzene rings is 1. The molecule has 0 aromatic heterocycles. The van der Waals surface area contributed by atoms with E-state index in [2.05, 4.69) is 5.32 Å². The second kappa shape index (κ2) is 8.11. The van der Waals surface area contributed by atoms with Crippen molar-refractivity contribution in [3.8, 4) is 0 Å². The second-order valence-electron chi connectivity index (χ2n) is 6.21. The summed E-state index contributed by atoms with van der Waals surface area (Å²) in [7, 11) is 0. The summed E-state index contributed by atoms with van der Waals surface area (Å²) < 4.78 is 10.5. The van der Waals surface area contributed by atoms with Gasteiger partial charge in [0.25, 0.3) is 5.91 Å². The first-order valence-corrected chi connectivity index (χ1v) is 8.59. The van der Waals surface area contributed by atoms with Crippen molar-refractivity contribution in [1.82, 2.24) is 5.32 Å². The molecule has 1 N–H and O–H groups in total. The van der Waals surface area contributed by atoms with E-state index in [-0.39, 0.29) is 24.5 Å². The molecule has 25 heavy (non-hydrogen) atoms. The third kappa shape index (κ3) is 4.57. The van der Waals surface area contributed by atoms with E-state index in [0.29, 0.717) is 30.8 Å². The van der Waals surface area contributed by atoms with E-state index < -0.39 is 5.97 Å². The third-order valence-electron chi connectivity index (χ3n) is 4.35. The van der Waals surface area contributed by atoms with Gasteiger partial charge in [0.2, 0.25) is 5.91 Å². The molecule has 1 aromatic rings. The van der Waals surface area contributed by atoms with Crippen molar-refractivity contribution in [2.45, 2.75) is 31.8 Å². The van der Waals surface area contributed by atoms with Gasteiger partial charge < -0.3 is 19.7 Å². The fraction of sp³-hybridized carbons (Fsp3) is 0.500. The highest BCUT2D eigenvalue weighted by atomic mass is 16.5. The van der Waals surface area contributed by atoms with E-state index in [9.17, 15) is 14.4 Å². The molecule has 1 aromatic carbocycles. The Morgan fingerprint density at radius 2 is 2.20 bits per heavy atom. The smallest absolute Gasteiger partial charge is 0.338 e. The third-order valence-corrected chi connectivity index (χ3v) is 4.35. The molecule has 3 rings (SSSR count). The van der Waals surface area contributed by atoms with E-state index in [1.54, 1.807) is 29.2 Å². The largest absolute Gasteiger partial charge is 0.452 e. The first-order valence-electron chi connectivity index (χ1n) is 8.59. The zero-order chi connectivity index (χ0) is 17.6. The zero-order valence-electron chi connectivity index (χ0n) is 14.0. The number of carbonyl (C=O) groups is 3. The molecule has 0 aliphatic carbocycles. The first kappa shape index (κ1) is 17.4. The SMILES string of the molecule is O=C(COC(=O)c1cccc(N2CCCC2=O)c1)NC[C@@H]1CCCO1. The van der Waals surface area contributed by atoms with Crippen LogP contribution in [0.2, 0.25) is 0 Å². The van der Waals surface area contributed by atoms with Crippen LogP contribution in [0.15, 0.2) is 24.3 Å². The van der Waals surface area contributed by atoms with Crippen LogP contribution in [0.25, 0.3) is 0 Å². The van der Waals surface area contributed by atoms with Crippen molar-refractivity contribution < 1.29 is 23.9 Å². The van der Waals surface area contributed by atoms with Crippen LogP contribution in [0, 0.1) is 0 Å². The van der Waals surface area contributed by atoms with E-state index in [4.69, 9.17) is 9.47 Å². The zero-order valence-corrected chi connectivity index (χ0v) is 14.0. The minimum absolute atomic E-state index is 0.0503. The van der Waals surface area contributed by atoms with E-state index in [1.807, 2.05) is 0 Å². The molecule has 0 spiro atoms. The molecule has 134 valence electrons. The van der Waals surface area contributed by atoms with E-state index in [0.717, 1.165) is 25.9 Å². The molecule has 0 radical (unpaired) electrons. The number of nitrogens with zero attached hydrogens (tertiary/aromatic N) is 1. The maximum absolute atomic E-state index is 12.1. The molecule has 7 heteroatoms. The average molecular weight is 346 g/mol. The van der Waals surface area contributed by atoms with Crippen molar-refractivity contribution in [3.05, 3.63) is 29.8 Å². The summed E-state index contributed by atoms with van der Waals surface area (Å²) in [6, 6.07) is 6.72. The Balaban J connectivity index is 1.49. The molecule has 2 saturated heterocycles. The molecule has 2 aliphatic heterocycles. The Morgan fingerprint density at radius 1 is 1.32 bits per heavy atom. The summed E-state index contributed by atoms with van der Waals surface area (Å²) in [5, 5.41) is 2.70. The van der Waals surface area contributed by atoms with Crippen molar-refractivity contribution in [2.75, 3.05) is 31.2 Å². The van der Waals surface area contributed by atoms with Crippen LogP contribution >= 0.6 is 0 Å². The van der Waals surface area contributed by atoms with Crippen LogP contribution in [0.3, 0.4) is 0 Å². The van der Waals surface area contributed by atoms with Gasteiger partial charge in [0.1, 0.15) is 0 Å². The fourth-order valence-electron chi connectivity index (χ4n) is 3.02. The van der Waals surface area contributed by atoms with Crippen LogP contribution < -0.4 is 10.2 Å². The summed E-state index contributed by atoms with van der Waals surface area (Å²) in [4.78, 5) is 37.3. The maximum Gasteiger partial charge on any atom is 0.338 e. The Morgan fingerprint density at radius 3 is 2.92 bits per heavy atom. The lowest BCUT2D eigenvalue weighted by Gasteiger charge is -2.16. The number of carbonyl (C=O) groups excluding carboxylic acids is 3. The van der Waals surface area contributed by atoms with Gasteiger partial charge in [-0.15, -0.1) is 0 Å². The first-order chi connectivity index (χ1) is 12.1. The van der Waals surface area contributed by atoms with E-state index >= 15 is 0 Å².